The van der Waals surface area contributed by atoms with Crippen molar-refractivity contribution in [2.24, 2.45) is 46.3 Å². The lowest BCUT2D eigenvalue weighted by molar-refractivity contribution is -0.163. The van der Waals surface area contributed by atoms with Gasteiger partial charge in [0.05, 0.1) is 12.5 Å². The topological polar surface area (TPSA) is 69.7 Å². The van der Waals surface area contributed by atoms with Crippen molar-refractivity contribution in [2.75, 3.05) is 6.61 Å². The largest absolute Gasteiger partial charge is 0.465 e. The molecule has 0 amide bonds. The standard InChI is InChI=1S/C29H46O5/c1-18(2)27(32)33-16-6-7-26(31)34-21-12-14-28(4)20(17-21)8-9-22-24-11-10-23(19(3)30)29(24,5)15-13-25(22)28/h18,20-25H,6-17H2,1-5H3/t20-,21+,22-,23+,24-,25-,28-,29+/m0/s1. The molecular weight excluding hydrogens is 428 g/mol. The highest BCUT2D eigenvalue weighted by molar-refractivity contribution is 5.79. The summed E-state index contributed by atoms with van der Waals surface area (Å²) in [5, 5.41) is 0. The van der Waals surface area contributed by atoms with Crippen molar-refractivity contribution >= 4 is 17.7 Å². The molecule has 0 aliphatic heterocycles. The van der Waals surface area contributed by atoms with Gasteiger partial charge in [0.1, 0.15) is 11.9 Å². The van der Waals surface area contributed by atoms with Gasteiger partial charge in [-0.05, 0) is 106 Å². The third kappa shape index (κ3) is 4.69. The van der Waals surface area contributed by atoms with Crippen LogP contribution in [0, 0.1) is 46.3 Å². The molecule has 4 rings (SSSR count). The highest BCUT2D eigenvalue weighted by Crippen LogP contribution is 2.67. The van der Waals surface area contributed by atoms with Crippen LogP contribution in [0.4, 0.5) is 0 Å². The number of fused-ring (bicyclic) bond motifs is 5. The lowest BCUT2D eigenvalue weighted by Crippen LogP contribution is -2.54. The van der Waals surface area contributed by atoms with Crippen molar-refractivity contribution in [3.8, 4) is 0 Å². The molecule has 0 aromatic heterocycles. The minimum absolute atomic E-state index is 0.0303. The van der Waals surface area contributed by atoms with E-state index in [1.165, 1.54) is 32.1 Å². The van der Waals surface area contributed by atoms with E-state index >= 15 is 0 Å². The summed E-state index contributed by atoms with van der Waals surface area (Å²) in [6.45, 7) is 10.7. The number of esters is 2. The third-order valence-corrected chi connectivity index (χ3v) is 10.6. The predicted octanol–water partition coefficient (Wildman–Crippen LogP) is 6.13. The maximum absolute atomic E-state index is 12.4. The zero-order valence-corrected chi connectivity index (χ0v) is 22.1. The first-order chi connectivity index (χ1) is 16.1. The van der Waals surface area contributed by atoms with Gasteiger partial charge in [-0.1, -0.05) is 27.7 Å². The van der Waals surface area contributed by atoms with Crippen LogP contribution in [0.2, 0.25) is 0 Å². The monoisotopic (exact) mass is 474 g/mol. The van der Waals surface area contributed by atoms with Crippen LogP contribution in [0.1, 0.15) is 105 Å². The Labute approximate surface area is 206 Å². The van der Waals surface area contributed by atoms with Gasteiger partial charge < -0.3 is 9.47 Å². The Kier molecular flexibility index (Phi) is 7.51. The van der Waals surface area contributed by atoms with Crippen LogP contribution in [0.5, 0.6) is 0 Å². The SMILES string of the molecule is CC(=O)[C@H]1CC[C@H]2[C@@H]3CC[C@H]4C[C@H](OC(=O)CCCOC(=O)C(C)C)CC[C@]4(C)[C@H]3CC[C@]12C. The second-order valence-corrected chi connectivity index (χ2v) is 12.8. The van der Waals surface area contributed by atoms with Crippen LogP contribution in [0.15, 0.2) is 0 Å². The number of Topliss-reactive ketones (excluding diaryl/α,β-unsaturated/α-hetero) is 1. The molecule has 0 unspecified atom stereocenters. The number of hydrogen-bond acceptors (Lipinski definition) is 5. The number of hydrogen-bond donors (Lipinski definition) is 0. The van der Waals surface area contributed by atoms with Crippen molar-refractivity contribution in [2.45, 2.75) is 111 Å². The molecule has 0 radical (unpaired) electrons. The van der Waals surface area contributed by atoms with Gasteiger partial charge in [-0.15, -0.1) is 0 Å². The Hall–Kier alpha value is -1.39. The Morgan fingerprint density at radius 2 is 1.62 bits per heavy atom. The van der Waals surface area contributed by atoms with E-state index in [-0.39, 0.29) is 41.9 Å². The van der Waals surface area contributed by atoms with Crippen LogP contribution in [-0.2, 0) is 23.9 Å². The van der Waals surface area contributed by atoms with E-state index < -0.39 is 0 Å². The third-order valence-electron chi connectivity index (χ3n) is 10.6. The lowest BCUT2D eigenvalue weighted by Gasteiger charge is -2.61. The van der Waals surface area contributed by atoms with Gasteiger partial charge in [-0.2, -0.15) is 0 Å². The van der Waals surface area contributed by atoms with Gasteiger partial charge in [-0.25, -0.2) is 0 Å². The Bertz CT molecular complexity index is 789. The van der Waals surface area contributed by atoms with E-state index in [4.69, 9.17) is 9.47 Å². The van der Waals surface area contributed by atoms with Crippen LogP contribution in [-0.4, -0.2) is 30.4 Å². The van der Waals surface area contributed by atoms with Crippen LogP contribution < -0.4 is 0 Å². The minimum atomic E-state index is -0.215. The molecule has 0 spiro atoms. The molecule has 0 aromatic rings. The first-order valence-corrected chi connectivity index (χ1v) is 13.9. The molecule has 4 aliphatic rings. The van der Waals surface area contributed by atoms with E-state index in [0.29, 0.717) is 35.9 Å². The summed E-state index contributed by atoms with van der Waals surface area (Å²) in [5.41, 5.74) is 0.555. The van der Waals surface area contributed by atoms with Gasteiger partial charge in [0.25, 0.3) is 0 Å². The maximum atomic E-state index is 12.4. The zero-order valence-electron chi connectivity index (χ0n) is 22.1. The fourth-order valence-corrected chi connectivity index (χ4v) is 8.79. The minimum Gasteiger partial charge on any atom is -0.465 e. The summed E-state index contributed by atoms with van der Waals surface area (Å²) < 4.78 is 11.1. The molecular formula is C29H46O5. The average molecular weight is 475 g/mol. The molecule has 8 atom stereocenters. The average Bonchev–Trinajstić information content (AvgIpc) is 3.14. The Morgan fingerprint density at radius 1 is 0.912 bits per heavy atom. The van der Waals surface area contributed by atoms with Gasteiger partial charge in [0.2, 0.25) is 0 Å². The van der Waals surface area contributed by atoms with E-state index in [0.717, 1.165) is 37.5 Å². The Balaban J connectivity index is 1.30. The van der Waals surface area contributed by atoms with Crippen molar-refractivity contribution in [3.05, 3.63) is 0 Å². The van der Waals surface area contributed by atoms with Crippen LogP contribution in [0.25, 0.3) is 0 Å². The van der Waals surface area contributed by atoms with Gasteiger partial charge in [0.15, 0.2) is 0 Å². The van der Waals surface area contributed by atoms with Crippen molar-refractivity contribution < 1.29 is 23.9 Å². The number of carbonyl (C=O) groups is 3. The van der Waals surface area contributed by atoms with Crippen molar-refractivity contribution in [1.29, 1.82) is 0 Å². The van der Waals surface area contributed by atoms with E-state index in [1.807, 2.05) is 20.8 Å². The van der Waals surface area contributed by atoms with Crippen LogP contribution in [0.3, 0.4) is 0 Å². The summed E-state index contributed by atoms with van der Waals surface area (Å²) in [5.74, 6) is 3.02. The molecule has 0 N–H and O–H groups in total. The molecule has 0 bridgehead atoms. The summed E-state index contributed by atoms with van der Waals surface area (Å²) in [7, 11) is 0. The number of rotatable bonds is 7. The zero-order chi connectivity index (χ0) is 24.7. The lowest BCUT2D eigenvalue weighted by atomic mass is 9.44. The highest BCUT2D eigenvalue weighted by Gasteiger charge is 2.60. The van der Waals surface area contributed by atoms with Crippen molar-refractivity contribution in [3.63, 3.8) is 0 Å². The maximum Gasteiger partial charge on any atom is 0.308 e. The molecule has 4 aliphatic carbocycles. The molecule has 5 heteroatoms. The molecule has 0 heterocycles. The summed E-state index contributed by atoms with van der Waals surface area (Å²) in [6, 6.07) is 0. The molecule has 4 fully saturated rings. The predicted molar refractivity (Wildman–Crippen MR) is 131 cm³/mol. The second-order valence-electron chi connectivity index (χ2n) is 12.8. The smallest absolute Gasteiger partial charge is 0.308 e. The van der Waals surface area contributed by atoms with E-state index in [9.17, 15) is 14.4 Å². The highest BCUT2D eigenvalue weighted by atomic mass is 16.5. The summed E-state index contributed by atoms with van der Waals surface area (Å²) in [4.78, 5) is 36.3. The molecule has 0 aromatic carbocycles. The van der Waals surface area contributed by atoms with Gasteiger partial charge in [0, 0.05) is 12.3 Å². The first-order valence-electron chi connectivity index (χ1n) is 13.9. The van der Waals surface area contributed by atoms with Crippen LogP contribution >= 0.6 is 0 Å². The fraction of sp³-hybridized carbons (Fsp3) is 0.897. The quantitative estimate of drug-likeness (QED) is 0.328. The van der Waals surface area contributed by atoms with E-state index in [2.05, 4.69) is 13.8 Å². The molecule has 0 saturated heterocycles. The number of ether oxygens (including phenoxy) is 2. The number of ketones is 1. The second kappa shape index (κ2) is 9.93. The summed E-state index contributed by atoms with van der Waals surface area (Å²) >= 11 is 0. The molecule has 5 nitrogen and oxygen atoms in total. The molecule has 34 heavy (non-hydrogen) atoms. The van der Waals surface area contributed by atoms with Gasteiger partial charge in [-0.3, -0.25) is 14.4 Å². The van der Waals surface area contributed by atoms with Crippen molar-refractivity contribution in [1.82, 2.24) is 0 Å². The summed E-state index contributed by atoms with van der Waals surface area (Å²) in [6.07, 6.45) is 11.2. The Morgan fingerprint density at radius 3 is 2.32 bits per heavy atom. The first kappa shape index (κ1) is 25.7. The van der Waals surface area contributed by atoms with E-state index in [1.54, 1.807) is 0 Å². The molecule has 192 valence electrons. The normalized spacial score (nSPS) is 41.2. The number of carbonyl (C=O) groups excluding carboxylic acids is 3. The fourth-order valence-electron chi connectivity index (χ4n) is 8.79. The van der Waals surface area contributed by atoms with Gasteiger partial charge >= 0.3 is 11.9 Å². The molecule has 4 saturated carbocycles.